The smallest absolute Gasteiger partial charge is 0.268 e. The van der Waals surface area contributed by atoms with Gasteiger partial charge in [0, 0.05) is 74.4 Å². The Morgan fingerprint density at radius 1 is 0.185 bits per heavy atom. The van der Waals surface area contributed by atoms with Gasteiger partial charge < -0.3 is 0 Å². The van der Waals surface area contributed by atoms with E-state index < -0.39 is 31.2 Å². The van der Waals surface area contributed by atoms with Crippen LogP contribution in [0.4, 0.5) is 101 Å². The Labute approximate surface area is 622 Å². The molecule has 108 heavy (non-hydrogen) atoms. The molecule has 0 aliphatic carbocycles. The summed E-state index contributed by atoms with van der Waals surface area (Å²) in [5.74, 6) is 0. The summed E-state index contributed by atoms with van der Waals surface area (Å²) in [5.41, 5.74) is 13.3. The second kappa shape index (κ2) is 35.2. The van der Waals surface area contributed by atoms with E-state index in [0.29, 0.717) is 0 Å². The third kappa shape index (κ3) is 51.6. The van der Waals surface area contributed by atoms with Crippen LogP contribution in [-0.4, -0.2) is 69.4 Å². The largest absolute Gasteiger partial charge is 2.00 e. The number of nitrogens with zero attached hydrogens (tertiary/aromatic N) is 14. The fourth-order valence-electron chi connectivity index (χ4n) is 7.44. The Morgan fingerprint density at radius 2 is 0.315 bits per heavy atom. The summed E-state index contributed by atoms with van der Waals surface area (Å²) < 4.78 is 241. The van der Waals surface area contributed by atoms with Gasteiger partial charge in [-0.1, -0.05) is 84.9 Å². The van der Waals surface area contributed by atoms with Crippen LogP contribution in [0.5, 0.6) is 0 Å². The van der Waals surface area contributed by atoms with Crippen LogP contribution in [0.25, 0.3) is 68.3 Å². The van der Waals surface area contributed by atoms with E-state index >= 15 is 0 Å². The second-order valence-corrected chi connectivity index (χ2v) is 28.3. The number of rotatable bonds is 10. The minimum Gasteiger partial charge on any atom is -0.268 e. The third-order valence-corrected chi connectivity index (χ3v) is 11.2. The molecule has 0 bridgehead atoms. The molecular formula is C64H52F24N14P4Ru2. The van der Waals surface area contributed by atoms with Crippen molar-refractivity contribution in [1.82, 2.24) is 69.4 Å². The molecule has 14 nitrogen and oxygen atoms in total. The first-order valence-corrected chi connectivity index (χ1v) is 37.1. The summed E-state index contributed by atoms with van der Waals surface area (Å²) in [6.45, 7) is 1.44. The average molecular weight is 1800 g/mol. The summed E-state index contributed by atoms with van der Waals surface area (Å²) in [6.07, 6.45) is 21.7. The first kappa shape index (κ1) is 92.6. The van der Waals surface area contributed by atoms with Gasteiger partial charge in [-0.3, -0.25) is 59.2 Å². The van der Waals surface area contributed by atoms with Gasteiger partial charge in [0.2, 0.25) is 0 Å². The van der Waals surface area contributed by atoms with Crippen LogP contribution in [0.2, 0.25) is 0 Å². The Bertz CT molecular complexity index is 4040. The van der Waals surface area contributed by atoms with Crippen molar-refractivity contribution in [3.05, 3.63) is 304 Å². The average Bonchev–Trinajstić information content (AvgIpc) is 0.871. The predicted octanol–water partition coefficient (Wildman–Crippen LogP) is 26.4. The van der Waals surface area contributed by atoms with Gasteiger partial charge in [-0.25, -0.2) is 0 Å². The molecule has 12 heterocycles. The van der Waals surface area contributed by atoms with Gasteiger partial charge in [0.15, 0.2) is 0 Å². The maximum absolute atomic E-state index is 10.7. The zero-order valence-corrected chi connectivity index (χ0v) is 61.0. The van der Waals surface area contributed by atoms with Crippen molar-refractivity contribution in [2.75, 3.05) is 0 Å². The van der Waals surface area contributed by atoms with Crippen molar-refractivity contribution in [2.45, 2.75) is 13.1 Å². The zero-order chi connectivity index (χ0) is 78.7. The number of pyridine rings is 10. The van der Waals surface area contributed by atoms with Crippen LogP contribution in [0.1, 0.15) is 11.1 Å². The van der Waals surface area contributed by atoms with Crippen molar-refractivity contribution < 1.29 is 140 Å². The topological polar surface area (TPSA) is 165 Å². The van der Waals surface area contributed by atoms with Crippen LogP contribution in [-0.2, 0) is 52.0 Å². The van der Waals surface area contributed by atoms with Gasteiger partial charge in [-0.15, -0.1) is 0 Å². The zero-order valence-electron chi connectivity index (χ0n) is 54.0. The SMILES string of the molecule is F[P-](F)(F)(F)(F)F.F[P-](F)(F)(F)(F)F.F[P-](F)(F)(F)(F)F.F[P-](F)(F)(F)(F)F.[Ru+2].[Ru+2].c1ccc(-c2ccccn2)nc1.c1ccc(-c2ccccn2)nc1.c1ccc(-c2ccccn2)nc1.c1ccc(-c2ccccn2)nc1.c1ccc(-c2ccn(Cc3ccc(Cn4ccc(-c5ccccn5)n4)cc3)n2)nc1. The van der Waals surface area contributed by atoms with Gasteiger partial charge in [0.25, 0.3) is 0 Å². The van der Waals surface area contributed by atoms with Gasteiger partial charge in [-0.05, 0) is 145 Å². The molecule has 0 aliphatic heterocycles. The molecule has 0 fully saturated rings. The molecule has 44 heteroatoms. The van der Waals surface area contributed by atoms with E-state index in [1.807, 2.05) is 216 Å². The normalized spacial score (nSPS) is 13.3. The second-order valence-electron chi connectivity index (χ2n) is 20.6. The maximum atomic E-state index is 9.87. The fraction of sp³-hybridized carbons (Fsp3) is 0.0312. The molecule has 0 amide bonds. The number of benzene rings is 1. The summed E-state index contributed by atoms with van der Waals surface area (Å²) in [6, 6.07) is 70.6. The van der Waals surface area contributed by atoms with Gasteiger partial charge in [0.05, 0.1) is 70.0 Å². The number of hydrogen-bond acceptors (Lipinski definition) is 12. The van der Waals surface area contributed by atoms with E-state index in [-0.39, 0.29) is 39.0 Å². The Hall–Kier alpha value is -9.57. The van der Waals surface area contributed by atoms with E-state index in [0.717, 1.165) is 81.4 Å². The van der Waals surface area contributed by atoms with Crippen LogP contribution < -0.4 is 0 Å². The van der Waals surface area contributed by atoms with E-state index in [1.54, 1.807) is 62.0 Å². The summed E-state index contributed by atoms with van der Waals surface area (Å²) in [4.78, 5) is 42.2. The third-order valence-electron chi connectivity index (χ3n) is 11.2. The van der Waals surface area contributed by atoms with E-state index in [4.69, 9.17) is 0 Å². The molecule has 1 aromatic carbocycles. The molecule has 0 saturated heterocycles. The Balaban J connectivity index is 0.000000334. The fourth-order valence-corrected chi connectivity index (χ4v) is 7.44. The molecule has 12 aromatic heterocycles. The van der Waals surface area contributed by atoms with Crippen LogP contribution >= 0.6 is 31.2 Å². The van der Waals surface area contributed by atoms with Crippen molar-refractivity contribution >= 4 is 31.2 Å². The molecule has 0 saturated carbocycles. The molecule has 0 N–H and O–H groups in total. The van der Waals surface area contributed by atoms with Crippen molar-refractivity contribution in [2.24, 2.45) is 0 Å². The van der Waals surface area contributed by atoms with Crippen LogP contribution in [0, 0.1) is 0 Å². The van der Waals surface area contributed by atoms with Crippen LogP contribution in [0.3, 0.4) is 0 Å². The summed E-state index contributed by atoms with van der Waals surface area (Å²) in [7, 11) is -42.6. The molecule has 0 radical (unpaired) electrons. The summed E-state index contributed by atoms with van der Waals surface area (Å²) in [5, 5.41) is 9.26. The van der Waals surface area contributed by atoms with Crippen molar-refractivity contribution in [3.63, 3.8) is 0 Å². The molecule has 0 unspecified atom stereocenters. The molecule has 582 valence electrons. The van der Waals surface area contributed by atoms with Crippen molar-refractivity contribution in [1.29, 1.82) is 0 Å². The number of halogens is 24. The molecule has 0 spiro atoms. The summed E-state index contributed by atoms with van der Waals surface area (Å²) >= 11 is 0. The molecule has 13 aromatic rings. The molecule has 13 rings (SSSR count). The molecular weight excluding hydrogens is 1750 g/mol. The van der Waals surface area contributed by atoms with Crippen molar-refractivity contribution in [3.8, 4) is 68.3 Å². The first-order valence-electron chi connectivity index (χ1n) is 29.0. The van der Waals surface area contributed by atoms with E-state index in [1.165, 1.54) is 11.1 Å². The maximum Gasteiger partial charge on any atom is 2.00 e. The quantitative estimate of drug-likeness (QED) is 0.0724. The van der Waals surface area contributed by atoms with Crippen LogP contribution in [0.15, 0.2) is 293 Å². The standard InChI is InChI=1S/C24H20N6.4C10H8N2.4F6P.2Ru/c1-3-13-25-21(5-1)23-11-15-29(27-23)17-19-7-9-20(10-8-19)18-30-16-12-24(28-30)22-6-2-4-14-26-22;4*1-3-7-11-9(5-1)10-6-2-4-8-12-10;4*1-7(2,3,4,5)6;;/h1-16H,17-18H2;4*1-8H;;;;;;/q;;;;;4*-1;2*+2. The van der Waals surface area contributed by atoms with Gasteiger partial charge >= 0.3 is 171 Å². The molecule has 0 aliphatic rings. The number of aromatic nitrogens is 14. The first-order chi connectivity index (χ1) is 48.5. The predicted molar refractivity (Wildman–Crippen MR) is 360 cm³/mol. The van der Waals surface area contributed by atoms with E-state index in [2.05, 4.69) is 84.3 Å². The van der Waals surface area contributed by atoms with Gasteiger partial charge in [0.1, 0.15) is 11.4 Å². The Morgan fingerprint density at radius 3 is 0.435 bits per heavy atom. The number of hydrogen-bond donors (Lipinski definition) is 0. The monoisotopic (exact) mass is 1800 g/mol. The minimum atomic E-state index is -10.7. The van der Waals surface area contributed by atoms with E-state index in [9.17, 15) is 101 Å². The molecule has 0 atom stereocenters. The Kier molecular flexibility index (Phi) is 30.2. The van der Waals surface area contributed by atoms with Gasteiger partial charge in [-0.2, -0.15) is 10.2 Å². The minimum absolute atomic E-state index is 0.